The van der Waals surface area contributed by atoms with Gasteiger partial charge in [0, 0.05) is 43.5 Å². The van der Waals surface area contributed by atoms with Crippen LogP contribution in [0.1, 0.15) is 27.6 Å². The summed E-state index contributed by atoms with van der Waals surface area (Å²) in [4.78, 5) is 39.4. The van der Waals surface area contributed by atoms with Gasteiger partial charge in [0.2, 0.25) is 17.5 Å². The lowest BCUT2D eigenvalue weighted by Gasteiger charge is -2.32. The predicted molar refractivity (Wildman–Crippen MR) is 81.2 cm³/mol. The summed E-state index contributed by atoms with van der Waals surface area (Å²) >= 11 is 6.14. The number of allylic oxidation sites excluding steroid dienone is 2. The van der Waals surface area contributed by atoms with Crippen LogP contribution >= 0.6 is 11.6 Å². The highest BCUT2D eigenvalue weighted by Crippen LogP contribution is 2.31. The van der Waals surface area contributed by atoms with Gasteiger partial charge in [-0.3, -0.25) is 14.4 Å². The molecule has 2 aliphatic rings. The first-order valence-corrected chi connectivity index (χ1v) is 7.19. The summed E-state index contributed by atoms with van der Waals surface area (Å²) in [5.74, 6) is -0.706. The van der Waals surface area contributed by atoms with Gasteiger partial charge in [0.15, 0.2) is 0 Å². The highest BCUT2D eigenvalue weighted by molar-refractivity contribution is 6.49. The molecule has 0 N–H and O–H groups in total. The molecular formula is C16H13ClN2O3. The van der Waals surface area contributed by atoms with E-state index < -0.39 is 0 Å². The van der Waals surface area contributed by atoms with E-state index in [2.05, 4.69) is 0 Å². The third kappa shape index (κ3) is 2.23. The van der Waals surface area contributed by atoms with Gasteiger partial charge in [0.1, 0.15) is 10.7 Å². The van der Waals surface area contributed by atoms with E-state index in [0.29, 0.717) is 24.2 Å². The van der Waals surface area contributed by atoms with Crippen molar-refractivity contribution in [3.8, 4) is 0 Å². The predicted octanol–water partition coefficient (Wildman–Crippen LogP) is 2.15. The van der Waals surface area contributed by atoms with E-state index in [9.17, 15) is 14.4 Å². The number of halogens is 1. The number of carbonyl (C=O) groups excluding carboxylic acids is 3. The molecule has 1 amide bonds. The number of carbonyl (C=O) groups is 3. The van der Waals surface area contributed by atoms with Gasteiger partial charge >= 0.3 is 0 Å². The highest BCUT2D eigenvalue weighted by Gasteiger charge is 2.34. The fourth-order valence-electron chi connectivity index (χ4n) is 2.56. The minimum Gasteiger partial charge on any atom is -0.340 e. The zero-order valence-corrected chi connectivity index (χ0v) is 12.6. The van der Waals surface area contributed by atoms with Crippen LogP contribution < -0.4 is 0 Å². The van der Waals surface area contributed by atoms with Crippen molar-refractivity contribution in [2.24, 2.45) is 0 Å². The lowest BCUT2D eigenvalue weighted by Crippen LogP contribution is -2.39. The fraction of sp³-hybridized carbons (Fsp3) is 0.188. The van der Waals surface area contributed by atoms with Crippen molar-refractivity contribution >= 4 is 29.1 Å². The van der Waals surface area contributed by atoms with Crippen LogP contribution in [0.5, 0.6) is 0 Å². The van der Waals surface area contributed by atoms with Gasteiger partial charge in [-0.15, -0.1) is 0 Å². The van der Waals surface area contributed by atoms with Crippen LogP contribution in [-0.4, -0.2) is 40.4 Å². The van der Waals surface area contributed by atoms with Crippen molar-refractivity contribution in [2.75, 3.05) is 13.1 Å². The highest BCUT2D eigenvalue weighted by atomic mass is 35.5. The van der Waals surface area contributed by atoms with E-state index in [4.69, 9.17) is 11.6 Å². The molecule has 0 fully saturated rings. The standard InChI is InChI=1S/C16H13ClN2O3/c1-10(20)18-6-8-19(9-7-18)14-13(17)15(21)11-4-2-3-5-12(11)16(14)22/h2-6,8H,7,9H2,1H3. The van der Waals surface area contributed by atoms with Crippen molar-refractivity contribution in [3.63, 3.8) is 0 Å². The van der Waals surface area contributed by atoms with Gasteiger partial charge in [-0.05, 0) is 0 Å². The Hall–Kier alpha value is -2.40. The maximum absolute atomic E-state index is 12.6. The van der Waals surface area contributed by atoms with Gasteiger partial charge < -0.3 is 9.80 Å². The summed E-state index contributed by atoms with van der Waals surface area (Å²) < 4.78 is 0. The Morgan fingerprint density at radius 1 is 1.05 bits per heavy atom. The topological polar surface area (TPSA) is 57.7 Å². The smallest absolute Gasteiger partial charge is 0.223 e. The number of ketones is 2. The second-order valence-electron chi connectivity index (χ2n) is 5.07. The second kappa shape index (κ2) is 5.42. The molecule has 0 aromatic heterocycles. The summed E-state index contributed by atoms with van der Waals surface area (Å²) in [5.41, 5.74) is 0.853. The Morgan fingerprint density at radius 2 is 1.68 bits per heavy atom. The van der Waals surface area contributed by atoms with Gasteiger partial charge in [-0.2, -0.15) is 0 Å². The van der Waals surface area contributed by atoms with E-state index in [-0.39, 0.29) is 28.2 Å². The number of rotatable bonds is 1. The van der Waals surface area contributed by atoms with Gasteiger partial charge in [-0.25, -0.2) is 0 Å². The van der Waals surface area contributed by atoms with E-state index in [0.717, 1.165) is 0 Å². The molecule has 5 nitrogen and oxygen atoms in total. The monoisotopic (exact) mass is 316 g/mol. The Labute approximate surface area is 132 Å². The van der Waals surface area contributed by atoms with Crippen molar-refractivity contribution in [3.05, 3.63) is 58.5 Å². The molecule has 0 atom stereocenters. The molecule has 1 aromatic rings. The number of hydrogen-bond donors (Lipinski definition) is 0. The summed E-state index contributed by atoms with van der Waals surface area (Å²) in [6.45, 7) is 2.31. The second-order valence-corrected chi connectivity index (χ2v) is 5.45. The van der Waals surface area contributed by atoms with Crippen LogP contribution in [-0.2, 0) is 4.79 Å². The molecule has 1 heterocycles. The van der Waals surface area contributed by atoms with Gasteiger partial charge in [0.25, 0.3) is 0 Å². The molecule has 1 aliphatic heterocycles. The van der Waals surface area contributed by atoms with Gasteiger partial charge in [0.05, 0.1) is 0 Å². The lowest BCUT2D eigenvalue weighted by molar-refractivity contribution is -0.126. The Bertz CT molecular complexity index is 752. The molecule has 0 spiro atoms. The third-order valence-corrected chi connectivity index (χ3v) is 4.09. The number of benzene rings is 1. The minimum absolute atomic E-state index is 0.0765. The number of nitrogens with zero attached hydrogens (tertiary/aromatic N) is 2. The summed E-state index contributed by atoms with van der Waals surface area (Å²) in [5, 5.41) is -0.0791. The quantitative estimate of drug-likeness (QED) is 0.796. The number of Topliss-reactive ketones (excluding diaryl/α,β-unsaturated/α-hetero) is 2. The minimum atomic E-state index is -0.353. The van der Waals surface area contributed by atoms with Crippen molar-refractivity contribution in [2.45, 2.75) is 6.92 Å². The molecule has 0 saturated heterocycles. The molecule has 0 bridgehead atoms. The lowest BCUT2D eigenvalue weighted by atomic mass is 9.92. The number of hydrogen-bond acceptors (Lipinski definition) is 4. The van der Waals surface area contributed by atoms with Crippen LogP contribution in [0.3, 0.4) is 0 Å². The molecule has 1 aliphatic carbocycles. The van der Waals surface area contributed by atoms with Crippen LogP contribution in [0.25, 0.3) is 0 Å². The first-order chi connectivity index (χ1) is 10.5. The van der Waals surface area contributed by atoms with Crippen molar-refractivity contribution in [1.82, 2.24) is 9.80 Å². The Morgan fingerprint density at radius 3 is 2.23 bits per heavy atom. The van der Waals surface area contributed by atoms with Gasteiger partial charge in [-0.1, -0.05) is 35.9 Å². The first-order valence-electron chi connectivity index (χ1n) is 6.81. The third-order valence-electron chi connectivity index (χ3n) is 3.74. The number of amides is 1. The first kappa shape index (κ1) is 14.5. The molecular weight excluding hydrogens is 304 g/mol. The van der Waals surface area contributed by atoms with Crippen LogP contribution in [0.4, 0.5) is 0 Å². The van der Waals surface area contributed by atoms with E-state index in [1.165, 1.54) is 11.8 Å². The Balaban J connectivity index is 2.00. The van der Waals surface area contributed by atoms with Crippen LogP contribution in [0, 0.1) is 0 Å². The van der Waals surface area contributed by atoms with Crippen LogP contribution in [0.2, 0.25) is 0 Å². The molecule has 0 radical (unpaired) electrons. The largest absolute Gasteiger partial charge is 0.340 e. The molecule has 1 aromatic carbocycles. The molecule has 3 rings (SSSR count). The molecule has 112 valence electrons. The van der Waals surface area contributed by atoms with Crippen molar-refractivity contribution < 1.29 is 14.4 Å². The zero-order chi connectivity index (χ0) is 15.9. The van der Waals surface area contributed by atoms with Crippen LogP contribution in [0.15, 0.2) is 47.4 Å². The fourth-order valence-corrected chi connectivity index (χ4v) is 2.86. The van der Waals surface area contributed by atoms with E-state index >= 15 is 0 Å². The average Bonchev–Trinajstić information content (AvgIpc) is 2.53. The maximum Gasteiger partial charge on any atom is 0.223 e. The summed E-state index contributed by atoms with van der Waals surface area (Å²) in [7, 11) is 0. The van der Waals surface area contributed by atoms with E-state index in [1.807, 2.05) is 0 Å². The molecule has 6 heteroatoms. The number of fused-ring (bicyclic) bond motifs is 1. The SMILES string of the molecule is CC(=O)N1C=CN(C2=C(Cl)C(=O)c3ccccc3C2=O)CC1. The van der Waals surface area contributed by atoms with Crippen molar-refractivity contribution in [1.29, 1.82) is 0 Å². The normalized spacial score (nSPS) is 17.9. The molecule has 22 heavy (non-hydrogen) atoms. The molecule has 0 unspecified atom stereocenters. The van der Waals surface area contributed by atoms with E-state index in [1.54, 1.807) is 41.6 Å². The maximum atomic E-state index is 12.6. The summed E-state index contributed by atoms with van der Waals surface area (Å²) in [6, 6.07) is 6.63. The average molecular weight is 317 g/mol. The zero-order valence-electron chi connectivity index (χ0n) is 11.9. The summed E-state index contributed by atoms with van der Waals surface area (Å²) in [6.07, 6.45) is 3.18. The molecule has 0 saturated carbocycles. The Kier molecular flexibility index (Phi) is 3.58.